The van der Waals surface area contributed by atoms with Gasteiger partial charge in [-0.05, 0) is 42.6 Å². The average Bonchev–Trinajstić information content (AvgIpc) is 2.61. The molecule has 2 aromatic carbocycles. The molecule has 0 spiro atoms. The second-order valence-electron chi connectivity index (χ2n) is 5.41. The maximum atomic E-state index is 12.8. The van der Waals surface area contributed by atoms with E-state index in [2.05, 4.69) is 5.32 Å². The molecule has 0 unspecified atom stereocenters. The minimum Gasteiger partial charge on any atom is -0.502 e. The number of anilines is 1. The fourth-order valence-corrected chi connectivity index (χ4v) is 2.86. The number of phenolic OH excluding ortho intramolecular Hbond substituents is 1. The number of thiocarbonyl (C=S) groups is 1. The van der Waals surface area contributed by atoms with Crippen molar-refractivity contribution in [1.29, 1.82) is 0 Å². The summed E-state index contributed by atoms with van der Waals surface area (Å²) in [5.41, 5.74) is -0.553. The minimum absolute atomic E-state index is 0.0495. The first kappa shape index (κ1) is 18.5. The van der Waals surface area contributed by atoms with Gasteiger partial charge in [-0.2, -0.15) is 0 Å². The fourth-order valence-electron chi connectivity index (χ4n) is 2.45. The SMILES string of the molecule is O=C1NC(=S)N(c2ccc(Cl)cc2)C(=O)C1=Cc1cccc([N+](=O)[O-])c1O. The molecule has 8 nitrogen and oxygen atoms in total. The molecule has 2 aromatic rings. The molecule has 1 heterocycles. The van der Waals surface area contributed by atoms with Crippen molar-refractivity contribution in [3.05, 3.63) is 68.7 Å². The lowest BCUT2D eigenvalue weighted by molar-refractivity contribution is -0.385. The van der Waals surface area contributed by atoms with Crippen molar-refractivity contribution in [2.24, 2.45) is 0 Å². The van der Waals surface area contributed by atoms with Crippen molar-refractivity contribution in [2.45, 2.75) is 0 Å². The van der Waals surface area contributed by atoms with Crippen LogP contribution in [0, 0.1) is 10.1 Å². The molecule has 0 aliphatic carbocycles. The maximum absolute atomic E-state index is 12.8. The van der Waals surface area contributed by atoms with Crippen LogP contribution >= 0.6 is 23.8 Å². The Kier molecular flexibility index (Phi) is 4.89. The van der Waals surface area contributed by atoms with Crippen LogP contribution in [0.2, 0.25) is 5.02 Å². The number of aromatic hydroxyl groups is 1. The highest BCUT2D eigenvalue weighted by Gasteiger charge is 2.34. The Balaban J connectivity index is 2.06. The Morgan fingerprint density at radius 1 is 1.19 bits per heavy atom. The highest BCUT2D eigenvalue weighted by atomic mass is 35.5. The van der Waals surface area contributed by atoms with Gasteiger partial charge in [0, 0.05) is 16.7 Å². The fraction of sp³-hybridized carbons (Fsp3) is 0. The summed E-state index contributed by atoms with van der Waals surface area (Å²) in [7, 11) is 0. The van der Waals surface area contributed by atoms with Gasteiger partial charge in [0.15, 0.2) is 5.11 Å². The third kappa shape index (κ3) is 3.50. The van der Waals surface area contributed by atoms with E-state index in [-0.39, 0.29) is 16.2 Å². The molecular weight excluding hydrogens is 394 g/mol. The maximum Gasteiger partial charge on any atom is 0.311 e. The summed E-state index contributed by atoms with van der Waals surface area (Å²) in [5.74, 6) is -2.17. The number of hydrogen-bond donors (Lipinski definition) is 2. The predicted molar refractivity (Wildman–Crippen MR) is 102 cm³/mol. The monoisotopic (exact) mass is 403 g/mol. The number of carbonyl (C=O) groups is 2. The van der Waals surface area contributed by atoms with Crippen molar-refractivity contribution in [3.8, 4) is 5.75 Å². The average molecular weight is 404 g/mol. The molecule has 0 aromatic heterocycles. The van der Waals surface area contributed by atoms with Gasteiger partial charge in [-0.3, -0.25) is 29.9 Å². The number of amides is 2. The van der Waals surface area contributed by atoms with E-state index in [0.717, 1.165) is 17.0 Å². The number of halogens is 1. The number of nitrogens with zero attached hydrogens (tertiary/aromatic N) is 2. The van der Waals surface area contributed by atoms with Crippen molar-refractivity contribution in [1.82, 2.24) is 5.32 Å². The zero-order chi connectivity index (χ0) is 19.7. The molecule has 2 amide bonds. The molecule has 1 saturated heterocycles. The number of benzene rings is 2. The topological polar surface area (TPSA) is 113 Å². The first-order valence-electron chi connectivity index (χ1n) is 7.43. The van der Waals surface area contributed by atoms with Crippen molar-refractivity contribution in [2.75, 3.05) is 4.90 Å². The van der Waals surface area contributed by atoms with Crippen molar-refractivity contribution in [3.63, 3.8) is 0 Å². The normalized spacial score (nSPS) is 15.8. The lowest BCUT2D eigenvalue weighted by Gasteiger charge is -2.28. The second-order valence-corrected chi connectivity index (χ2v) is 6.23. The van der Waals surface area contributed by atoms with Crippen LogP contribution in [-0.4, -0.2) is 27.0 Å². The molecule has 0 saturated carbocycles. The Bertz CT molecular complexity index is 1020. The number of nitro groups is 1. The largest absolute Gasteiger partial charge is 0.502 e. The van der Waals surface area contributed by atoms with E-state index >= 15 is 0 Å². The number of hydrogen-bond acceptors (Lipinski definition) is 6. The van der Waals surface area contributed by atoms with E-state index in [1.54, 1.807) is 24.3 Å². The Labute approximate surface area is 162 Å². The number of rotatable bonds is 3. The van der Waals surface area contributed by atoms with Gasteiger partial charge in [-0.25, -0.2) is 0 Å². The van der Waals surface area contributed by atoms with Crippen LogP contribution in [-0.2, 0) is 9.59 Å². The molecular formula is C17H10ClN3O5S. The van der Waals surface area contributed by atoms with E-state index in [1.165, 1.54) is 12.1 Å². The zero-order valence-electron chi connectivity index (χ0n) is 13.4. The van der Waals surface area contributed by atoms with E-state index in [1.807, 2.05) is 0 Å². The van der Waals surface area contributed by atoms with Gasteiger partial charge in [0.2, 0.25) is 5.75 Å². The molecule has 3 rings (SSSR count). The molecule has 2 N–H and O–H groups in total. The van der Waals surface area contributed by atoms with Gasteiger partial charge in [0.05, 0.1) is 10.6 Å². The summed E-state index contributed by atoms with van der Waals surface area (Å²) >= 11 is 10.9. The molecule has 1 aliphatic heterocycles. The van der Waals surface area contributed by atoms with Gasteiger partial charge in [0.1, 0.15) is 5.57 Å². The van der Waals surface area contributed by atoms with Crippen LogP contribution in [0.5, 0.6) is 5.75 Å². The first-order valence-corrected chi connectivity index (χ1v) is 8.21. The summed E-state index contributed by atoms with van der Waals surface area (Å²) in [6.45, 7) is 0. The molecule has 1 aliphatic rings. The summed E-state index contributed by atoms with van der Waals surface area (Å²) in [5, 5.41) is 23.7. The van der Waals surface area contributed by atoms with Crippen LogP contribution in [0.4, 0.5) is 11.4 Å². The Morgan fingerprint density at radius 2 is 1.85 bits per heavy atom. The highest BCUT2D eigenvalue weighted by molar-refractivity contribution is 7.80. The van der Waals surface area contributed by atoms with Crippen molar-refractivity contribution < 1.29 is 19.6 Å². The second kappa shape index (κ2) is 7.14. The van der Waals surface area contributed by atoms with E-state index < -0.39 is 28.2 Å². The van der Waals surface area contributed by atoms with Gasteiger partial charge >= 0.3 is 5.69 Å². The molecule has 10 heteroatoms. The molecule has 0 bridgehead atoms. The predicted octanol–water partition coefficient (Wildman–Crippen LogP) is 2.79. The number of phenols is 1. The van der Waals surface area contributed by atoms with Gasteiger partial charge in [-0.15, -0.1) is 0 Å². The Hall–Kier alpha value is -3.30. The quantitative estimate of drug-likeness (QED) is 0.268. The van der Waals surface area contributed by atoms with Crippen LogP contribution in [0.3, 0.4) is 0 Å². The summed E-state index contributed by atoms with van der Waals surface area (Å²) in [6.07, 6.45) is 1.07. The van der Waals surface area contributed by atoms with E-state index in [9.17, 15) is 24.8 Å². The van der Waals surface area contributed by atoms with Crippen LogP contribution in [0.15, 0.2) is 48.0 Å². The van der Waals surface area contributed by atoms with Crippen LogP contribution in [0.1, 0.15) is 5.56 Å². The number of nitro benzene ring substituents is 1. The highest BCUT2D eigenvalue weighted by Crippen LogP contribution is 2.32. The molecule has 0 atom stereocenters. The number of para-hydroxylation sites is 1. The lowest BCUT2D eigenvalue weighted by Crippen LogP contribution is -2.54. The van der Waals surface area contributed by atoms with Crippen LogP contribution in [0.25, 0.3) is 6.08 Å². The van der Waals surface area contributed by atoms with E-state index in [0.29, 0.717) is 10.7 Å². The van der Waals surface area contributed by atoms with Crippen LogP contribution < -0.4 is 10.2 Å². The standard InChI is InChI=1S/C17H10ClN3O5S/c18-10-4-6-11(7-5-10)20-16(24)12(15(23)19-17(20)27)8-9-2-1-3-13(14(9)22)21(25)26/h1-8,22H,(H,19,23,27). The molecule has 1 fully saturated rings. The van der Waals surface area contributed by atoms with Gasteiger partial charge in [-0.1, -0.05) is 23.7 Å². The lowest BCUT2D eigenvalue weighted by atomic mass is 10.1. The van der Waals surface area contributed by atoms with E-state index in [4.69, 9.17) is 23.8 Å². The summed E-state index contributed by atoms with van der Waals surface area (Å²) in [4.78, 5) is 36.3. The third-order valence-corrected chi connectivity index (χ3v) is 4.27. The number of carbonyl (C=O) groups excluding carboxylic acids is 2. The third-order valence-electron chi connectivity index (χ3n) is 3.73. The smallest absolute Gasteiger partial charge is 0.311 e. The number of nitrogens with one attached hydrogen (secondary N) is 1. The van der Waals surface area contributed by atoms with Gasteiger partial charge < -0.3 is 5.11 Å². The van der Waals surface area contributed by atoms with Gasteiger partial charge in [0.25, 0.3) is 11.8 Å². The molecule has 136 valence electrons. The Morgan fingerprint density at radius 3 is 2.48 bits per heavy atom. The summed E-state index contributed by atoms with van der Waals surface area (Å²) in [6, 6.07) is 9.98. The molecule has 27 heavy (non-hydrogen) atoms. The molecule has 0 radical (unpaired) electrons. The first-order chi connectivity index (χ1) is 12.8. The zero-order valence-corrected chi connectivity index (χ0v) is 15.0. The summed E-state index contributed by atoms with van der Waals surface area (Å²) < 4.78 is 0. The van der Waals surface area contributed by atoms with Crippen molar-refractivity contribution >= 4 is 58.2 Å². The minimum atomic E-state index is -0.777.